The van der Waals surface area contributed by atoms with Gasteiger partial charge in [-0.05, 0) is 18.7 Å². The second-order valence-corrected chi connectivity index (χ2v) is 3.27. The Bertz CT molecular complexity index is 231. The zero-order valence-electron chi connectivity index (χ0n) is 9.07. The second-order valence-electron chi connectivity index (χ2n) is 3.27. The maximum atomic E-state index is 5.59. The molecular formula is C12H19NO. The van der Waals surface area contributed by atoms with Crippen LogP contribution in [0, 0.1) is 0 Å². The molecule has 1 rings (SSSR count). The minimum atomic E-state index is 0.706. The highest BCUT2D eigenvalue weighted by Crippen LogP contribution is 2.00. The molecule has 0 bridgehead atoms. The van der Waals surface area contributed by atoms with Crippen molar-refractivity contribution in [1.29, 1.82) is 0 Å². The van der Waals surface area contributed by atoms with Crippen LogP contribution in [0.5, 0.6) is 0 Å². The first kappa shape index (κ1) is 11.2. The fourth-order valence-corrected chi connectivity index (χ4v) is 1.27. The molecule has 1 aromatic carbocycles. The van der Waals surface area contributed by atoms with Gasteiger partial charge in [0, 0.05) is 0 Å². The van der Waals surface area contributed by atoms with Crippen LogP contribution < -0.4 is 0 Å². The minimum Gasteiger partial charge on any atom is -0.361 e. The topological polar surface area (TPSA) is 12.5 Å². The van der Waals surface area contributed by atoms with Crippen LogP contribution in [-0.4, -0.2) is 24.7 Å². The molecule has 0 amide bonds. The standard InChI is InChI=1S/C12H19NO/c1-3-13(4-2)11-14-10-12-8-6-5-7-9-12/h5-9H,3-4,10-11H2,1-2H3. The van der Waals surface area contributed by atoms with Crippen LogP contribution in [0.1, 0.15) is 19.4 Å². The van der Waals surface area contributed by atoms with Crippen molar-refractivity contribution < 1.29 is 4.74 Å². The molecular weight excluding hydrogens is 174 g/mol. The summed E-state index contributed by atoms with van der Waals surface area (Å²) in [4.78, 5) is 2.25. The molecule has 0 atom stereocenters. The molecule has 0 N–H and O–H groups in total. The van der Waals surface area contributed by atoms with Gasteiger partial charge >= 0.3 is 0 Å². The second kappa shape index (κ2) is 6.57. The van der Waals surface area contributed by atoms with E-state index in [0.29, 0.717) is 6.61 Å². The van der Waals surface area contributed by atoms with Gasteiger partial charge in [0.05, 0.1) is 13.3 Å². The van der Waals surface area contributed by atoms with Gasteiger partial charge in [0.15, 0.2) is 0 Å². The molecule has 0 heterocycles. The Kier molecular flexibility index (Phi) is 5.27. The summed E-state index contributed by atoms with van der Waals surface area (Å²) in [6, 6.07) is 10.3. The third-order valence-electron chi connectivity index (χ3n) is 2.28. The molecule has 0 aliphatic carbocycles. The van der Waals surface area contributed by atoms with Crippen LogP contribution >= 0.6 is 0 Å². The molecule has 0 aliphatic rings. The molecule has 0 spiro atoms. The first-order valence-corrected chi connectivity index (χ1v) is 5.20. The summed E-state index contributed by atoms with van der Waals surface area (Å²) < 4.78 is 5.59. The fourth-order valence-electron chi connectivity index (χ4n) is 1.27. The quantitative estimate of drug-likeness (QED) is 0.644. The summed E-state index contributed by atoms with van der Waals surface area (Å²) in [5, 5.41) is 0. The largest absolute Gasteiger partial charge is 0.361 e. The van der Waals surface area contributed by atoms with Gasteiger partial charge in [-0.25, -0.2) is 0 Å². The van der Waals surface area contributed by atoms with Crippen LogP contribution in [0.25, 0.3) is 0 Å². The van der Waals surface area contributed by atoms with Gasteiger partial charge in [-0.1, -0.05) is 44.2 Å². The Balaban J connectivity index is 2.21. The Morgan fingerprint density at radius 2 is 1.71 bits per heavy atom. The summed E-state index contributed by atoms with van der Waals surface area (Å²) >= 11 is 0. The third kappa shape index (κ3) is 3.90. The maximum absolute atomic E-state index is 5.59. The van der Waals surface area contributed by atoms with Crippen molar-refractivity contribution in [2.75, 3.05) is 19.8 Å². The van der Waals surface area contributed by atoms with Crippen molar-refractivity contribution in [2.45, 2.75) is 20.5 Å². The molecule has 2 heteroatoms. The van der Waals surface area contributed by atoms with Crippen LogP contribution in [0.3, 0.4) is 0 Å². The Hall–Kier alpha value is -0.860. The Labute approximate surface area is 86.5 Å². The van der Waals surface area contributed by atoms with E-state index in [1.165, 1.54) is 5.56 Å². The zero-order valence-corrected chi connectivity index (χ0v) is 9.07. The number of nitrogens with zero attached hydrogens (tertiary/aromatic N) is 1. The fraction of sp³-hybridized carbons (Fsp3) is 0.500. The summed E-state index contributed by atoms with van der Waals surface area (Å²) in [6.07, 6.45) is 0. The van der Waals surface area contributed by atoms with Gasteiger partial charge < -0.3 is 4.74 Å². The van der Waals surface area contributed by atoms with E-state index in [9.17, 15) is 0 Å². The SMILES string of the molecule is CCN(CC)COCc1ccccc1. The van der Waals surface area contributed by atoms with Crippen molar-refractivity contribution in [2.24, 2.45) is 0 Å². The van der Waals surface area contributed by atoms with E-state index in [1.807, 2.05) is 18.2 Å². The van der Waals surface area contributed by atoms with E-state index in [1.54, 1.807) is 0 Å². The van der Waals surface area contributed by atoms with Crippen molar-refractivity contribution in [3.05, 3.63) is 35.9 Å². The van der Waals surface area contributed by atoms with E-state index in [-0.39, 0.29) is 0 Å². The molecule has 0 unspecified atom stereocenters. The van der Waals surface area contributed by atoms with Crippen LogP contribution in [0.4, 0.5) is 0 Å². The predicted molar refractivity (Wildman–Crippen MR) is 59.0 cm³/mol. The highest BCUT2D eigenvalue weighted by atomic mass is 16.5. The van der Waals surface area contributed by atoms with Crippen LogP contribution in [0.2, 0.25) is 0 Å². The molecule has 0 saturated heterocycles. The van der Waals surface area contributed by atoms with E-state index < -0.39 is 0 Å². The molecule has 0 aromatic heterocycles. The average Bonchev–Trinajstić information content (AvgIpc) is 2.26. The summed E-state index contributed by atoms with van der Waals surface area (Å²) in [6.45, 7) is 7.82. The monoisotopic (exact) mass is 193 g/mol. The lowest BCUT2D eigenvalue weighted by atomic mass is 10.2. The lowest BCUT2D eigenvalue weighted by molar-refractivity contribution is 0.0241. The molecule has 0 radical (unpaired) electrons. The van der Waals surface area contributed by atoms with Gasteiger partial charge in [-0.3, -0.25) is 4.90 Å². The van der Waals surface area contributed by atoms with Crippen LogP contribution in [0.15, 0.2) is 30.3 Å². The Morgan fingerprint density at radius 1 is 1.07 bits per heavy atom. The lowest BCUT2D eigenvalue weighted by Gasteiger charge is -2.17. The van der Waals surface area contributed by atoms with Crippen LogP contribution in [-0.2, 0) is 11.3 Å². The number of benzene rings is 1. The highest BCUT2D eigenvalue weighted by molar-refractivity contribution is 5.13. The van der Waals surface area contributed by atoms with Crippen molar-refractivity contribution in [1.82, 2.24) is 4.90 Å². The van der Waals surface area contributed by atoms with Gasteiger partial charge in [-0.2, -0.15) is 0 Å². The first-order chi connectivity index (χ1) is 6.86. The predicted octanol–water partition coefficient (Wildman–Crippen LogP) is 2.50. The molecule has 1 aromatic rings. The molecule has 0 aliphatic heterocycles. The number of hydrogen-bond acceptors (Lipinski definition) is 2. The molecule has 78 valence electrons. The first-order valence-electron chi connectivity index (χ1n) is 5.20. The van der Waals surface area contributed by atoms with Gasteiger partial charge in [-0.15, -0.1) is 0 Å². The zero-order chi connectivity index (χ0) is 10.2. The highest BCUT2D eigenvalue weighted by Gasteiger charge is 1.98. The molecule has 2 nitrogen and oxygen atoms in total. The third-order valence-corrected chi connectivity index (χ3v) is 2.28. The summed E-state index contributed by atoms with van der Waals surface area (Å²) in [7, 11) is 0. The number of ether oxygens (including phenoxy) is 1. The van der Waals surface area contributed by atoms with Gasteiger partial charge in [0.25, 0.3) is 0 Å². The van der Waals surface area contributed by atoms with E-state index >= 15 is 0 Å². The smallest absolute Gasteiger partial charge is 0.0994 e. The molecule has 14 heavy (non-hydrogen) atoms. The Morgan fingerprint density at radius 3 is 2.29 bits per heavy atom. The van der Waals surface area contributed by atoms with Gasteiger partial charge in [0.2, 0.25) is 0 Å². The normalized spacial score (nSPS) is 10.8. The summed E-state index contributed by atoms with van der Waals surface area (Å²) in [5.41, 5.74) is 1.24. The van der Waals surface area contributed by atoms with Gasteiger partial charge in [0.1, 0.15) is 0 Å². The summed E-state index contributed by atoms with van der Waals surface area (Å²) in [5.74, 6) is 0. The van der Waals surface area contributed by atoms with E-state index in [4.69, 9.17) is 4.74 Å². The minimum absolute atomic E-state index is 0.706. The van der Waals surface area contributed by atoms with E-state index in [0.717, 1.165) is 19.8 Å². The molecule has 0 fully saturated rings. The van der Waals surface area contributed by atoms with Crippen molar-refractivity contribution >= 4 is 0 Å². The lowest BCUT2D eigenvalue weighted by Crippen LogP contribution is -2.25. The maximum Gasteiger partial charge on any atom is 0.0994 e. The number of hydrogen-bond donors (Lipinski definition) is 0. The number of rotatable bonds is 6. The van der Waals surface area contributed by atoms with Crippen molar-refractivity contribution in [3.63, 3.8) is 0 Å². The van der Waals surface area contributed by atoms with E-state index in [2.05, 4.69) is 30.9 Å². The van der Waals surface area contributed by atoms with Crippen molar-refractivity contribution in [3.8, 4) is 0 Å². The average molecular weight is 193 g/mol. The molecule has 0 saturated carbocycles.